The summed E-state index contributed by atoms with van der Waals surface area (Å²) < 4.78 is 120. The minimum atomic E-state index is -6.11. The molecule has 15 heteroatoms. The first-order valence-corrected chi connectivity index (χ1v) is 10.6. The summed E-state index contributed by atoms with van der Waals surface area (Å²) in [7, 11) is 0. The average Bonchev–Trinajstić information content (AvgIpc) is 3.21. The van der Waals surface area contributed by atoms with Crippen LogP contribution in [-0.4, -0.2) is 38.1 Å². The molecular weight excluding hydrogens is 557 g/mol. The summed E-state index contributed by atoms with van der Waals surface area (Å²) in [5.41, 5.74) is -9.62. The fourth-order valence-corrected chi connectivity index (χ4v) is 4.00. The van der Waals surface area contributed by atoms with E-state index >= 15 is 0 Å². The molecule has 0 saturated heterocycles. The Morgan fingerprint density at radius 3 is 2.00 bits per heavy atom. The number of fused-ring (bicyclic) bond motifs is 1. The molecule has 5 nitrogen and oxygen atoms in total. The molecule has 2 heterocycles. The first kappa shape index (κ1) is 27.4. The second-order valence-electron chi connectivity index (χ2n) is 7.88. The summed E-state index contributed by atoms with van der Waals surface area (Å²) in [6.07, 6.45) is -16.0. The second-order valence-corrected chi connectivity index (χ2v) is 8.29. The predicted molar refractivity (Wildman–Crippen MR) is 115 cm³/mol. The normalized spacial score (nSPS) is 13.2. The van der Waals surface area contributed by atoms with Crippen molar-refractivity contribution >= 4 is 28.5 Å². The summed E-state index contributed by atoms with van der Waals surface area (Å²) in [5, 5.41) is 13.0. The van der Waals surface area contributed by atoms with Gasteiger partial charge in [0, 0.05) is 17.3 Å². The van der Waals surface area contributed by atoms with Crippen molar-refractivity contribution in [2.45, 2.75) is 24.1 Å². The molecule has 1 N–H and O–H groups in total. The topological polar surface area (TPSA) is 68.0 Å². The van der Waals surface area contributed by atoms with Gasteiger partial charge in [-0.05, 0) is 24.3 Å². The lowest BCUT2D eigenvalue weighted by molar-refractivity contribution is -0.376. The van der Waals surface area contributed by atoms with Gasteiger partial charge in [0.1, 0.15) is 11.2 Å². The molecule has 2 aromatic carbocycles. The number of hydrogen-bond acceptors (Lipinski definition) is 4. The summed E-state index contributed by atoms with van der Waals surface area (Å²) >= 11 is 5.90. The van der Waals surface area contributed by atoms with E-state index in [1.165, 1.54) is 18.3 Å². The molecule has 0 aliphatic carbocycles. The lowest BCUT2D eigenvalue weighted by atomic mass is 9.91. The molecule has 0 fully saturated rings. The molecular formula is C23H11ClF9N3O2. The minimum absolute atomic E-state index is 0.101. The first-order chi connectivity index (χ1) is 17.5. The Morgan fingerprint density at radius 2 is 1.45 bits per heavy atom. The van der Waals surface area contributed by atoms with Crippen LogP contribution in [0.15, 0.2) is 60.8 Å². The van der Waals surface area contributed by atoms with Crippen LogP contribution in [0.2, 0.25) is 5.02 Å². The molecule has 0 amide bonds. The van der Waals surface area contributed by atoms with Crippen molar-refractivity contribution < 1.29 is 49.4 Å². The first-order valence-electron chi connectivity index (χ1n) is 10.2. The van der Waals surface area contributed by atoms with Crippen LogP contribution in [0.4, 0.5) is 39.5 Å². The van der Waals surface area contributed by atoms with Gasteiger partial charge >= 0.3 is 18.5 Å². The van der Waals surface area contributed by atoms with E-state index < -0.39 is 51.8 Å². The summed E-state index contributed by atoms with van der Waals surface area (Å²) in [4.78, 5) is 17.2. The third-order valence-electron chi connectivity index (χ3n) is 5.56. The molecule has 0 radical (unpaired) electrons. The van der Waals surface area contributed by atoms with Gasteiger partial charge in [-0.2, -0.15) is 49.3 Å². The van der Waals surface area contributed by atoms with E-state index in [0.717, 1.165) is 24.3 Å². The maximum Gasteiger partial charge on any atom is 0.430 e. The molecule has 38 heavy (non-hydrogen) atoms. The average molecular weight is 568 g/mol. The number of alkyl halides is 9. The molecule has 0 unspecified atom stereocenters. The number of carbonyl (C=O) groups excluding carboxylic acids is 1. The van der Waals surface area contributed by atoms with Crippen LogP contribution >= 0.6 is 11.6 Å². The highest BCUT2D eigenvalue weighted by Crippen LogP contribution is 2.50. The maximum atomic E-state index is 13.6. The van der Waals surface area contributed by atoms with E-state index in [1.807, 2.05) is 0 Å². The zero-order chi connectivity index (χ0) is 28.3. The standard InChI is InChI=1S/C23H11ClF9N3O2/c24-14-4-1-3-13(21(25,26)27)16(14)19(37)36-15-5-2-10-34-18(15)17(35-36)11-6-8-12(9-7-11)20(38,22(28,29)30)23(31,32)33/h1-10,38H. The van der Waals surface area contributed by atoms with Crippen LogP contribution in [0.1, 0.15) is 21.5 Å². The Hall–Kier alpha value is -3.65. The molecule has 2 aromatic heterocycles. The van der Waals surface area contributed by atoms with Crippen LogP contribution in [0.25, 0.3) is 22.3 Å². The molecule has 4 rings (SSSR count). The molecule has 0 bridgehead atoms. The van der Waals surface area contributed by atoms with Crippen molar-refractivity contribution in [2.24, 2.45) is 0 Å². The second kappa shape index (κ2) is 8.98. The summed E-state index contributed by atoms with van der Waals surface area (Å²) in [5.74, 6) is -1.31. The molecule has 0 aliphatic rings. The highest BCUT2D eigenvalue weighted by Gasteiger charge is 2.71. The van der Waals surface area contributed by atoms with Crippen molar-refractivity contribution in [1.82, 2.24) is 14.8 Å². The van der Waals surface area contributed by atoms with E-state index in [2.05, 4.69) is 10.1 Å². The fraction of sp³-hybridized carbons (Fsp3) is 0.174. The van der Waals surface area contributed by atoms with Gasteiger partial charge in [0.2, 0.25) is 0 Å². The number of benzene rings is 2. The highest BCUT2D eigenvalue weighted by atomic mass is 35.5. The smallest absolute Gasteiger partial charge is 0.369 e. The van der Waals surface area contributed by atoms with Crippen LogP contribution < -0.4 is 0 Å². The molecule has 0 aliphatic heterocycles. The third kappa shape index (κ3) is 4.36. The number of pyridine rings is 1. The maximum absolute atomic E-state index is 13.6. The zero-order valence-corrected chi connectivity index (χ0v) is 19.0. The van der Waals surface area contributed by atoms with Gasteiger partial charge in [0.25, 0.3) is 11.5 Å². The van der Waals surface area contributed by atoms with Crippen molar-refractivity contribution in [3.63, 3.8) is 0 Å². The zero-order valence-electron chi connectivity index (χ0n) is 18.3. The van der Waals surface area contributed by atoms with Gasteiger partial charge in [-0.15, -0.1) is 0 Å². The number of aliphatic hydroxyl groups is 1. The number of carbonyl (C=O) groups is 1. The van der Waals surface area contributed by atoms with Gasteiger partial charge in [0.05, 0.1) is 21.7 Å². The molecule has 200 valence electrons. The lowest BCUT2D eigenvalue weighted by Gasteiger charge is -2.32. The molecule has 4 aromatic rings. The van der Waals surface area contributed by atoms with Gasteiger partial charge in [-0.25, -0.2) is 0 Å². The van der Waals surface area contributed by atoms with Crippen LogP contribution in [0.5, 0.6) is 0 Å². The van der Waals surface area contributed by atoms with E-state index in [1.54, 1.807) is 0 Å². The van der Waals surface area contributed by atoms with Crippen LogP contribution in [-0.2, 0) is 11.8 Å². The number of nitrogens with zero attached hydrogens (tertiary/aromatic N) is 3. The van der Waals surface area contributed by atoms with Crippen molar-refractivity contribution in [2.75, 3.05) is 0 Å². The van der Waals surface area contributed by atoms with E-state index in [0.29, 0.717) is 22.9 Å². The largest absolute Gasteiger partial charge is 0.430 e. The van der Waals surface area contributed by atoms with Crippen LogP contribution in [0.3, 0.4) is 0 Å². The Bertz CT molecular complexity index is 1510. The third-order valence-corrected chi connectivity index (χ3v) is 5.88. The predicted octanol–water partition coefficient (Wildman–Crippen LogP) is 6.77. The van der Waals surface area contributed by atoms with Crippen LogP contribution in [0, 0.1) is 0 Å². The Kier molecular flexibility index (Phi) is 6.47. The van der Waals surface area contributed by atoms with Crippen molar-refractivity contribution in [3.05, 3.63) is 82.5 Å². The van der Waals surface area contributed by atoms with Gasteiger partial charge < -0.3 is 5.11 Å². The molecule has 0 atom stereocenters. The van der Waals surface area contributed by atoms with Crippen molar-refractivity contribution in [1.29, 1.82) is 0 Å². The number of aromatic nitrogens is 3. The van der Waals surface area contributed by atoms with Gasteiger partial charge in [-0.3, -0.25) is 9.78 Å². The monoisotopic (exact) mass is 567 g/mol. The summed E-state index contributed by atoms with van der Waals surface area (Å²) in [6, 6.07) is 7.51. The number of hydrogen-bond donors (Lipinski definition) is 1. The van der Waals surface area contributed by atoms with E-state index in [9.17, 15) is 49.4 Å². The molecule has 0 spiro atoms. The Labute approximate surface area is 211 Å². The van der Waals surface area contributed by atoms with E-state index in [4.69, 9.17) is 11.6 Å². The minimum Gasteiger partial charge on any atom is -0.369 e. The van der Waals surface area contributed by atoms with Crippen molar-refractivity contribution in [3.8, 4) is 11.3 Å². The Balaban J connectivity index is 1.87. The van der Waals surface area contributed by atoms with Gasteiger partial charge in [0.15, 0.2) is 0 Å². The fourth-order valence-electron chi connectivity index (χ4n) is 3.74. The summed E-state index contributed by atoms with van der Waals surface area (Å²) in [6.45, 7) is 0. The SMILES string of the molecule is O=C(c1c(Cl)cccc1C(F)(F)F)n1nc(-c2ccc(C(O)(C(F)(F)F)C(F)(F)F)cc2)c2ncccc21. The lowest BCUT2D eigenvalue weighted by Crippen LogP contribution is -2.53. The number of halogens is 10. The Morgan fingerprint density at radius 1 is 0.842 bits per heavy atom. The van der Waals surface area contributed by atoms with E-state index in [-0.39, 0.29) is 22.3 Å². The quantitative estimate of drug-likeness (QED) is 0.278. The number of rotatable bonds is 3. The molecule has 0 saturated carbocycles. The van der Waals surface area contributed by atoms with Gasteiger partial charge in [-0.1, -0.05) is 41.9 Å². The highest BCUT2D eigenvalue weighted by molar-refractivity contribution is 6.34.